The molecule has 0 atom stereocenters. The van der Waals surface area contributed by atoms with Crippen molar-refractivity contribution in [2.45, 2.75) is 13.8 Å². The van der Waals surface area contributed by atoms with Gasteiger partial charge < -0.3 is 24.6 Å². The number of rotatable bonds is 9. The summed E-state index contributed by atoms with van der Waals surface area (Å²) in [6.07, 6.45) is 2.96. The first-order valence-corrected chi connectivity index (χ1v) is 12.5. The number of carbonyl (C=O) groups is 1. The third-order valence-corrected chi connectivity index (χ3v) is 6.02. The van der Waals surface area contributed by atoms with Gasteiger partial charge in [0, 0.05) is 43.8 Å². The highest BCUT2D eigenvalue weighted by Crippen LogP contribution is 2.36. The maximum atomic E-state index is 12.6. The maximum absolute atomic E-state index is 12.6. The Balaban J connectivity index is 1.66. The quantitative estimate of drug-likeness (QED) is 0.318. The number of nitrogens with one attached hydrogen (secondary N) is 1. The minimum atomic E-state index is -0.358. The zero-order chi connectivity index (χ0) is 28.8. The van der Waals surface area contributed by atoms with E-state index in [0.29, 0.717) is 52.8 Å². The fraction of sp³-hybridized carbons (Fsp3) is 0.276. The zero-order valence-electron chi connectivity index (χ0n) is 23.3. The van der Waals surface area contributed by atoms with Crippen molar-refractivity contribution in [2.75, 3.05) is 44.5 Å². The zero-order valence-corrected chi connectivity index (χ0v) is 23.3. The molecule has 40 heavy (non-hydrogen) atoms. The number of hydrogen-bond donors (Lipinski definition) is 1. The van der Waals surface area contributed by atoms with Gasteiger partial charge >= 0.3 is 5.91 Å². The number of likely N-dealkylation sites (N-methyl/N-ethyl adjacent to an activating group) is 1. The van der Waals surface area contributed by atoms with E-state index < -0.39 is 0 Å². The molecule has 11 nitrogen and oxygen atoms in total. The molecule has 0 radical (unpaired) electrons. The number of fused-ring (bicyclic) bond motifs is 1. The van der Waals surface area contributed by atoms with Crippen molar-refractivity contribution in [3.05, 3.63) is 64.8 Å². The van der Waals surface area contributed by atoms with Crippen LogP contribution in [0.15, 0.2) is 53.7 Å². The normalized spacial score (nSPS) is 10.7. The molecule has 2 heterocycles. The van der Waals surface area contributed by atoms with Crippen LogP contribution in [-0.2, 0) is 11.8 Å². The van der Waals surface area contributed by atoms with Gasteiger partial charge in [-0.1, -0.05) is 5.92 Å². The smallest absolute Gasteiger partial charge is 0.302 e. The van der Waals surface area contributed by atoms with Crippen LogP contribution in [0.2, 0.25) is 0 Å². The van der Waals surface area contributed by atoms with E-state index in [9.17, 15) is 9.59 Å². The summed E-state index contributed by atoms with van der Waals surface area (Å²) in [5, 5.41) is 8.03. The molecule has 0 saturated carbocycles. The summed E-state index contributed by atoms with van der Waals surface area (Å²) in [6.45, 7) is 4.66. The lowest BCUT2D eigenvalue weighted by atomic mass is 10.1. The van der Waals surface area contributed by atoms with Crippen molar-refractivity contribution in [3.63, 3.8) is 0 Å². The molecule has 0 spiro atoms. The third kappa shape index (κ3) is 6.54. The Bertz CT molecular complexity index is 1670. The van der Waals surface area contributed by atoms with E-state index in [1.54, 1.807) is 33.2 Å². The van der Waals surface area contributed by atoms with E-state index in [0.717, 1.165) is 11.3 Å². The number of hydrogen-bond acceptors (Lipinski definition) is 9. The van der Waals surface area contributed by atoms with Crippen molar-refractivity contribution in [1.82, 2.24) is 24.6 Å². The lowest BCUT2D eigenvalue weighted by molar-refractivity contribution is -0.113. The van der Waals surface area contributed by atoms with Crippen molar-refractivity contribution in [3.8, 4) is 29.1 Å². The Morgan fingerprint density at radius 2 is 1.90 bits per heavy atom. The largest absolute Gasteiger partial charge is 0.490 e. The van der Waals surface area contributed by atoms with Crippen molar-refractivity contribution in [2.24, 2.45) is 7.05 Å². The Labute approximate surface area is 232 Å². The van der Waals surface area contributed by atoms with Gasteiger partial charge in [0.1, 0.15) is 30.3 Å². The minimum absolute atomic E-state index is 0.260. The van der Waals surface area contributed by atoms with Crippen LogP contribution in [0.25, 0.3) is 10.9 Å². The average molecular weight is 542 g/mol. The monoisotopic (exact) mass is 541 g/mol. The second-order valence-electron chi connectivity index (χ2n) is 9.31. The van der Waals surface area contributed by atoms with Crippen molar-refractivity contribution >= 4 is 34.0 Å². The summed E-state index contributed by atoms with van der Waals surface area (Å²) < 4.78 is 13.2. The molecule has 0 unspecified atom stereocenters. The van der Waals surface area contributed by atoms with E-state index in [2.05, 4.69) is 32.2 Å². The molecule has 4 rings (SSSR count). The predicted octanol–water partition coefficient (Wildman–Crippen LogP) is 3.49. The van der Waals surface area contributed by atoms with E-state index in [1.165, 1.54) is 28.2 Å². The van der Waals surface area contributed by atoms with Gasteiger partial charge in [0.2, 0.25) is 0 Å². The second-order valence-corrected chi connectivity index (χ2v) is 9.31. The van der Waals surface area contributed by atoms with E-state index in [4.69, 9.17) is 9.47 Å². The molecule has 0 aliphatic heterocycles. The van der Waals surface area contributed by atoms with E-state index in [-0.39, 0.29) is 11.5 Å². The van der Waals surface area contributed by atoms with Crippen LogP contribution >= 0.6 is 0 Å². The van der Waals surface area contributed by atoms with Gasteiger partial charge in [-0.3, -0.25) is 9.59 Å². The van der Waals surface area contributed by atoms with Crippen LogP contribution in [0.3, 0.4) is 0 Å². The van der Waals surface area contributed by atoms with Crippen molar-refractivity contribution in [1.29, 1.82) is 0 Å². The van der Waals surface area contributed by atoms with E-state index in [1.807, 2.05) is 44.1 Å². The summed E-state index contributed by atoms with van der Waals surface area (Å²) in [5.74, 6) is 6.89. The third-order valence-electron chi connectivity index (χ3n) is 6.02. The molecular weight excluding hydrogens is 510 g/mol. The van der Waals surface area contributed by atoms with Crippen LogP contribution in [-0.4, -0.2) is 64.9 Å². The van der Waals surface area contributed by atoms with Crippen LogP contribution in [0, 0.1) is 18.8 Å². The number of benzene rings is 2. The summed E-state index contributed by atoms with van der Waals surface area (Å²) >= 11 is 0. The number of amides is 1. The summed E-state index contributed by atoms with van der Waals surface area (Å²) in [7, 11) is 7.16. The Hall–Kier alpha value is -4.95. The summed E-state index contributed by atoms with van der Waals surface area (Å²) in [5.41, 5.74) is 2.55. The SMILES string of the molecule is CC#CC(=O)N(C)c1cc2c(Nc3ccc(Oc4cnn(C)c(=O)c4)c(C)c3)ncnc2cc1OCCN(C)C. The standard InChI is InChI=1S/C29H31N7O4/c1-7-8-27(37)35(5)24-15-22-23(16-26(24)39-12-11-34(3)4)30-18-31-29(22)33-20-9-10-25(19(2)13-20)40-21-14-28(38)36(6)32-17-21/h9-10,13-18H,11-12H2,1-6H3,(H,30,31,33). The fourth-order valence-corrected chi connectivity index (χ4v) is 3.80. The maximum Gasteiger partial charge on any atom is 0.302 e. The fourth-order valence-electron chi connectivity index (χ4n) is 3.80. The molecule has 1 amide bonds. The highest BCUT2D eigenvalue weighted by Gasteiger charge is 2.18. The molecule has 0 fully saturated rings. The van der Waals surface area contributed by atoms with Gasteiger partial charge in [-0.25, -0.2) is 14.6 Å². The second kappa shape index (κ2) is 12.3. The van der Waals surface area contributed by atoms with Gasteiger partial charge in [-0.05, 0) is 63.7 Å². The number of ether oxygens (including phenoxy) is 2. The molecule has 0 bridgehead atoms. The topological polar surface area (TPSA) is 115 Å². The predicted molar refractivity (Wildman–Crippen MR) is 154 cm³/mol. The minimum Gasteiger partial charge on any atom is -0.490 e. The van der Waals surface area contributed by atoms with Gasteiger partial charge in [0.05, 0.1) is 17.4 Å². The van der Waals surface area contributed by atoms with Crippen LogP contribution in [0.4, 0.5) is 17.2 Å². The van der Waals surface area contributed by atoms with Gasteiger partial charge in [0.15, 0.2) is 5.75 Å². The molecule has 0 saturated heterocycles. The molecule has 2 aromatic heterocycles. The number of nitrogens with zero attached hydrogens (tertiary/aromatic N) is 6. The van der Waals surface area contributed by atoms with Crippen LogP contribution < -0.4 is 25.2 Å². The molecule has 11 heteroatoms. The molecule has 0 aliphatic carbocycles. The lowest BCUT2D eigenvalue weighted by Gasteiger charge is -2.21. The summed E-state index contributed by atoms with van der Waals surface area (Å²) in [6, 6.07) is 10.6. The molecule has 206 valence electrons. The van der Waals surface area contributed by atoms with Gasteiger partial charge in [-0.15, -0.1) is 0 Å². The molecule has 1 N–H and O–H groups in total. The Morgan fingerprint density at radius 1 is 1.10 bits per heavy atom. The van der Waals surface area contributed by atoms with Crippen LogP contribution in [0.1, 0.15) is 12.5 Å². The highest BCUT2D eigenvalue weighted by atomic mass is 16.5. The molecular formula is C29H31N7O4. The first-order chi connectivity index (χ1) is 19.2. The van der Waals surface area contributed by atoms with E-state index >= 15 is 0 Å². The summed E-state index contributed by atoms with van der Waals surface area (Å²) in [4.78, 5) is 36.9. The average Bonchev–Trinajstić information content (AvgIpc) is 2.91. The number of aromatic nitrogens is 4. The number of anilines is 3. The van der Waals surface area contributed by atoms with Gasteiger partial charge in [0.25, 0.3) is 5.56 Å². The van der Waals surface area contributed by atoms with Gasteiger partial charge in [-0.2, -0.15) is 5.10 Å². The first kappa shape index (κ1) is 28.1. The molecule has 4 aromatic rings. The highest BCUT2D eigenvalue weighted by molar-refractivity contribution is 6.08. The number of aryl methyl sites for hydroxylation is 2. The molecule has 2 aromatic carbocycles. The van der Waals surface area contributed by atoms with Crippen LogP contribution in [0.5, 0.6) is 17.2 Å². The molecule has 0 aliphatic rings. The first-order valence-electron chi connectivity index (χ1n) is 12.5. The van der Waals surface area contributed by atoms with Crippen molar-refractivity contribution < 1.29 is 14.3 Å². The Morgan fingerprint density at radius 3 is 2.60 bits per heavy atom. The number of carbonyl (C=O) groups excluding carboxylic acids is 1. The lowest BCUT2D eigenvalue weighted by Crippen LogP contribution is -2.26. The Kier molecular flexibility index (Phi) is 8.61.